The highest BCUT2D eigenvalue weighted by molar-refractivity contribution is 6.74. The van der Waals surface area contributed by atoms with Gasteiger partial charge in [0.1, 0.15) is 0 Å². The minimum atomic E-state index is -1.58. The normalized spacial score (nSPS) is 14.0. The lowest BCUT2D eigenvalue weighted by Gasteiger charge is -2.36. The molecule has 0 spiro atoms. The molecule has 0 fully saturated rings. The third-order valence-electron chi connectivity index (χ3n) is 4.43. The maximum atomic E-state index is 11.4. The molecule has 0 N–H and O–H groups in total. The molecule has 0 saturated heterocycles. The molecule has 0 heterocycles. The summed E-state index contributed by atoms with van der Waals surface area (Å²) in [6, 6.07) is 0. The fourth-order valence-electron chi connectivity index (χ4n) is 1.92. The van der Waals surface area contributed by atoms with Gasteiger partial charge in [0.05, 0.1) is 6.61 Å². The van der Waals surface area contributed by atoms with Crippen molar-refractivity contribution >= 4 is 14.3 Å². The Kier molecular flexibility index (Phi) is 9.46. The van der Waals surface area contributed by atoms with Crippen molar-refractivity contribution in [2.75, 3.05) is 13.2 Å². The van der Waals surface area contributed by atoms with Gasteiger partial charge in [0.2, 0.25) is 0 Å². The van der Waals surface area contributed by atoms with Crippen LogP contribution in [0.1, 0.15) is 66.7 Å². The van der Waals surface area contributed by atoms with Crippen molar-refractivity contribution in [1.82, 2.24) is 0 Å². The van der Waals surface area contributed by atoms with Crippen molar-refractivity contribution in [3.8, 4) is 0 Å². The van der Waals surface area contributed by atoms with E-state index < -0.39 is 8.32 Å². The van der Waals surface area contributed by atoms with E-state index in [9.17, 15) is 4.79 Å². The molecule has 0 aliphatic carbocycles. The summed E-state index contributed by atoms with van der Waals surface area (Å²) in [4.78, 5) is 11.4. The summed E-state index contributed by atoms with van der Waals surface area (Å²) in [5.41, 5.74) is 0. The monoisotopic (exact) mass is 316 g/mol. The first kappa shape index (κ1) is 20.6. The fraction of sp³-hybridized carbons (Fsp3) is 0.941. The molecular weight excluding hydrogens is 280 g/mol. The molecule has 0 rings (SSSR count). The van der Waals surface area contributed by atoms with E-state index in [0.717, 1.165) is 19.4 Å². The number of unbranched alkanes of at least 4 members (excludes halogenated alkanes) is 2. The van der Waals surface area contributed by atoms with Gasteiger partial charge in [-0.3, -0.25) is 4.79 Å². The zero-order valence-corrected chi connectivity index (χ0v) is 16.3. The summed E-state index contributed by atoms with van der Waals surface area (Å²) in [6.07, 6.45) is 5.12. The van der Waals surface area contributed by atoms with Crippen LogP contribution in [-0.4, -0.2) is 27.5 Å². The summed E-state index contributed by atoms with van der Waals surface area (Å²) in [7, 11) is -1.58. The number of ether oxygens (including phenoxy) is 1. The molecule has 0 aliphatic rings. The highest BCUT2D eigenvalue weighted by atomic mass is 28.4. The predicted octanol–water partition coefficient (Wildman–Crippen LogP) is 5.16. The molecule has 0 aromatic carbocycles. The Bertz CT molecular complexity index is 295. The van der Waals surface area contributed by atoms with Crippen LogP contribution in [0.4, 0.5) is 0 Å². The minimum absolute atomic E-state index is 0.0636. The average Bonchev–Trinajstić information content (AvgIpc) is 2.32. The maximum absolute atomic E-state index is 11.4. The summed E-state index contributed by atoms with van der Waals surface area (Å²) in [5.74, 6) is 0.358. The number of hydrogen-bond acceptors (Lipinski definition) is 3. The Balaban J connectivity index is 3.67. The summed E-state index contributed by atoms with van der Waals surface area (Å²) < 4.78 is 11.1. The van der Waals surface area contributed by atoms with Crippen molar-refractivity contribution in [3.63, 3.8) is 0 Å². The smallest absolute Gasteiger partial charge is 0.306 e. The topological polar surface area (TPSA) is 35.5 Å². The summed E-state index contributed by atoms with van der Waals surface area (Å²) in [6.45, 7) is 16.8. The first-order valence-corrected chi connectivity index (χ1v) is 11.3. The van der Waals surface area contributed by atoms with E-state index >= 15 is 0 Å². The van der Waals surface area contributed by atoms with Crippen molar-refractivity contribution in [3.05, 3.63) is 0 Å². The lowest BCUT2D eigenvalue weighted by atomic mass is 10.00. The predicted molar refractivity (Wildman–Crippen MR) is 92.0 cm³/mol. The molecule has 3 nitrogen and oxygen atoms in total. The van der Waals surface area contributed by atoms with Crippen LogP contribution in [0.25, 0.3) is 0 Å². The van der Waals surface area contributed by atoms with Gasteiger partial charge in [-0.15, -0.1) is 0 Å². The molecule has 0 aromatic rings. The third-order valence-corrected chi connectivity index (χ3v) is 8.97. The van der Waals surface area contributed by atoms with Crippen LogP contribution >= 0.6 is 0 Å². The molecule has 0 radical (unpaired) electrons. The standard InChI is InChI=1S/C17H36O3Si/c1-8-19-16(18)14-15(2)12-10-9-11-13-20-21(6,7)17(3,4)5/h15H,8-14H2,1-7H3/t15-/m1/s1. The summed E-state index contributed by atoms with van der Waals surface area (Å²) >= 11 is 0. The van der Waals surface area contributed by atoms with Gasteiger partial charge in [-0.1, -0.05) is 47.0 Å². The summed E-state index contributed by atoms with van der Waals surface area (Å²) in [5, 5.41) is 0.293. The van der Waals surface area contributed by atoms with Gasteiger partial charge < -0.3 is 9.16 Å². The molecule has 0 aromatic heterocycles. The molecule has 1 atom stereocenters. The van der Waals surface area contributed by atoms with Gasteiger partial charge >= 0.3 is 5.97 Å². The molecule has 0 unspecified atom stereocenters. The Morgan fingerprint density at radius 1 is 1.14 bits per heavy atom. The van der Waals surface area contributed by atoms with Crippen molar-refractivity contribution in [1.29, 1.82) is 0 Å². The van der Waals surface area contributed by atoms with Gasteiger partial charge in [0.25, 0.3) is 0 Å². The fourth-order valence-corrected chi connectivity index (χ4v) is 3.01. The Morgan fingerprint density at radius 3 is 2.29 bits per heavy atom. The van der Waals surface area contributed by atoms with Crippen LogP contribution in [-0.2, 0) is 14.0 Å². The Labute approximate surface area is 132 Å². The molecule has 126 valence electrons. The van der Waals surface area contributed by atoms with Crippen LogP contribution in [0.5, 0.6) is 0 Å². The molecule has 0 aliphatic heterocycles. The zero-order valence-electron chi connectivity index (χ0n) is 15.3. The first-order valence-electron chi connectivity index (χ1n) is 8.39. The van der Waals surface area contributed by atoms with Gasteiger partial charge in [-0.2, -0.15) is 0 Å². The van der Waals surface area contributed by atoms with Crippen LogP contribution in [0, 0.1) is 5.92 Å². The Morgan fingerprint density at radius 2 is 1.76 bits per heavy atom. The Hall–Kier alpha value is -0.353. The number of carbonyl (C=O) groups is 1. The highest BCUT2D eigenvalue weighted by Crippen LogP contribution is 2.36. The molecule has 0 saturated carbocycles. The van der Waals surface area contributed by atoms with Crippen LogP contribution in [0.3, 0.4) is 0 Å². The molecule has 0 bridgehead atoms. The van der Waals surface area contributed by atoms with Crippen molar-refractivity contribution in [2.45, 2.75) is 84.9 Å². The molecule has 4 heteroatoms. The zero-order chi connectivity index (χ0) is 16.5. The second-order valence-electron chi connectivity index (χ2n) is 7.57. The lowest BCUT2D eigenvalue weighted by Crippen LogP contribution is -2.40. The molecule has 21 heavy (non-hydrogen) atoms. The first-order chi connectivity index (χ1) is 9.60. The van der Waals surface area contributed by atoms with Crippen molar-refractivity contribution in [2.24, 2.45) is 5.92 Å². The van der Waals surface area contributed by atoms with Crippen LogP contribution in [0.2, 0.25) is 18.1 Å². The van der Waals surface area contributed by atoms with Crippen LogP contribution in [0.15, 0.2) is 0 Å². The average molecular weight is 317 g/mol. The largest absolute Gasteiger partial charge is 0.466 e. The van der Waals surface area contributed by atoms with E-state index in [4.69, 9.17) is 9.16 Å². The van der Waals surface area contributed by atoms with E-state index in [-0.39, 0.29) is 5.97 Å². The van der Waals surface area contributed by atoms with Crippen molar-refractivity contribution < 1.29 is 14.0 Å². The second kappa shape index (κ2) is 9.62. The highest BCUT2D eigenvalue weighted by Gasteiger charge is 2.36. The van der Waals surface area contributed by atoms with E-state index in [0.29, 0.717) is 24.0 Å². The molecular formula is C17H36O3Si. The maximum Gasteiger partial charge on any atom is 0.306 e. The van der Waals surface area contributed by atoms with Crippen LogP contribution < -0.4 is 0 Å². The molecule has 0 amide bonds. The minimum Gasteiger partial charge on any atom is -0.466 e. The second-order valence-corrected chi connectivity index (χ2v) is 12.4. The van der Waals surface area contributed by atoms with Gasteiger partial charge in [0, 0.05) is 13.0 Å². The van der Waals surface area contributed by atoms with E-state index in [1.807, 2.05) is 6.92 Å². The van der Waals surface area contributed by atoms with Gasteiger partial charge in [-0.05, 0) is 37.4 Å². The number of hydrogen-bond donors (Lipinski definition) is 0. The van der Waals surface area contributed by atoms with Gasteiger partial charge in [-0.25, -0.2) is 0 Å². The lowest BCUT2D eigenvalue weighted by molar-refractivity contribution is -0.144. The number of esters is 1. The van der Waals surface area contributed by atoms with E-state index in [1.165, 1.54) is 12.8 Å². The van der Waals surface area contributed by atoms with E-state index in [2.05, 4.69) is 40.8 Å². The number of carbonyl (C=O) groups excluding carboxylic acids is 1. The van der Waals surface area contributed by atoms with E-state index in [1.54, 1.807) is 0 Å². The number of rotatable bonds is 10. The quantitative estimate of drug-likeness (QED) is 0.317. The van der Waals surface area contributed by atoms with Gasteiger partial charge in [0.15, 0.2) is 8.32 Å². The SMILES string of the molecule is CCOC(=O)C[C@H](C)CCCCCO[Si](C)(C)C(C)(C)C. The third kappa shape index (κ3) is 9.30.